The normalized spacial score (nSPS) is 11.5. The van der Waals surface area contributed by atoms with Crippen molar-refractivity contribution >= 4 is 6.03 Å². The number of methoxy groups -OCH3 is 2. The van der Waals surface area contributed by atoms with E-state index >= 15 is 0 Å². The Morgan fingerprint density at radius 2 is 1.57 bits per heavy atom. The minimum absolute atomic E-state index is 0.114. The Balaban J connectivity index is 1.64. The highest BCUT2D eigenvalue weighted by Gasteiger charge is 2.17. The molecule has 156 valence electrons. The van der Waals surface area contributed by atoms with Gasteiger partial charge in [-0.25, -0.2) is 4.79 Å². The number of nitrogens with zero attached hydrogens (tertiary/aromatic N) is 1. The summed E-state index contributed by atoms with van der Waals surface area (Å²) in [6.07, 6.45) is 0. The Bertz CT molecular complexity index is 971. The van der Waals surface area contributed by atoms with E-state index in [0.717, 1.165) is 16.7 Å². The maximum absolute atomic E-state index is 12.7. The number of hydrogen-bond donors (Lipinski definition) is 1. The second-order valence-corrected chi connectivity index (χ2v) is 7.17. The lowest BCUT2D eigenvalue weighted by Gasteiger charge is -2.23. The van der Waals surface area contributed by atoms with Crippen molar-refractivity contribution in [3.05, 3.63) is 83.9 Å². The van der Waals surface area contributed by atoms with Crippen molar-refractivity contribution < 1.29 is 14.3 Å². The van der Waals surface area contributed by atoms with E-state index in [1.54, 1.807) is 26.2 Å². The highest BCUT2D eigenvalue weighted by molar-refractivity contribution is 5.74. The van der Waals surface area contributed by atoms with Crippen LogP contribution in [0.5, 0.6) is 11.5 Å². The van der Waals surface area contributed by atoms with E-state index in [2.05, 4.69) is 41.7 Å². The zero-order valence-corrected chi connectivity index (χ0v) is 17.9. The van der Waals surface area contributed by atoms with Gasteiger partial charge in [-0.1, -0.05) is 66.7 Å². The largest absolute Gasteiger partial charge is 0.493 e. The molecule has 0 aliphatic heterocycles. The van der Waals surface area contributed by atoms with Crippen LogP contribution in [0.1, 0.15) is 24.1 Å². The van der Waals surface area contributed by atoms with Gasteiger partial charge in [0.1, 0.15) is 0 Å². The van der Waals surface area contributed by atoms with Gasteiger partial charge in [-0.15, -0.1) is 0 Å². The Morgan fingerprint density at radius 1 is 0.900 bits per heavy atom. The number of carbonyl (C=O) groups is 1. The molecule has 0 saturated carbocycles. The average Bonchev–Trinajstić information content (AvgIpc) is 2.79. The van der Waals surface area contributed by atoms with Crippen LogP contribution >= 0.6 is 0 Å². The molecule has 1 atom stereocenters. The van der Waals surface area contributed by atoms with E-state index in [0.29, 0.717) is 18.0 Å². The minimum atomic E-state index is -0.153. The molecule has 2 amide bonds. The first-order valence-electron chi connectivity index (χ1n) is 9.90. The van der Waals surface area contributed by atoms with Gasteiger partial charge in [0.15, 0.2) is 11.5 Å². The van der Waals surface area contributed by atoms with Crippen LogP contribution < -0.4 is 14.8 Å². The predicted octanol–water partition coefficient (Wildman–Crippen LogP) is 5.27. The number of para-hydroxylation sites is 1. The summed E-state index contributed by atoms with van der Waals surface area (Å²) < 4.78 is 10.8. The van der Waals surface area contributed by atoms with Crippen molar-refractivity contribution in [1.82, 2.24) is 10.2 Å². The van der Waals surface area contributed by atoms with Gasteiger partial charge in [0, 0.05) is 12.6 Å². The second-order valence-electron chi connectivity index (χ2n) is 7.17. The number of amides is 2. The van der Waals surface area contributed by atoms with Gasteiger partial charge in [-0.05, 0) is 29.7 Å². The number of benzene rings is 3. The molecule has 0 aromatic heterocycles. The first-order valence-corrected chi connectivity index (χ1v) is 9.90. The molecule has 1 unspecified atom stereocenters. The third kappa shape index (κ3) is 4.92. The third-order valence-electron chi connectivity index (χ3n) is 5.10. The molecule has 0 heterocycles. The highest BCUT2D eigenvalue weighted by atomic mass is 16.5. The summed E-state index contributed by atoms with van der Waals surface area (Å²) >= 11 is 0. The summed E-state index contributed by atoms with van der Waals surface area (Å²) in [6, 6.07) is 23.9. The van der Waals surface area contributed by atoms with Crippen molar-refractivity contribution in [2.24, 2.45) is 0 Å². The topological polar surface area (TPSA) is 50.8 Å². The molecule has 0 bridgehead atoms. The van der Waals surface area contributed by atoms with Crippen molar-refractivity contribution in [3.63, 3.8) is 0 Å². The lowest BCUT2D eigenvalue weighted by molar-refractivity contribution is 0.203. The van der Waals surface area contributed by atoms with Crippen LogP contribution in [0, 0.1) is 0 Å². The predicted molar refractivity (Wildman–Crippen MR) is 120 cm³/mol. The van der Waals surface area contributed by atoms with Crippen LogP contribution in [0.3, 0.4) is 0 Å². The molecule has 3 aromatic rings. The highest BCUT2D eigenvalue weighted by Crippen LogP contribution is 2.31. The molecule has 0 aliphatic carbocycles. The number of rotatable bonds is 7. The molecule has 0 radical (unpaired) electrons. The lowest BCUT2D eigenvalue weighted by Crippen LogP contribution is -2.38. The number of ether oxygens (including phenoxy) is 2. The maximum Gasteiger partial charge on any atom is 0.317 e. The molecule has 0 spiro atoms. The Labute approximate surface area is 178 Å². The van der Waals surface area contributed by atoms with Crippen LogP contribution in [0.4, 0.5) is 4.79 Å². The minimum Gasteiger partial charge on any atom is -0.493 e. The van der Waals surface area contributed by atoms with Crippen molar-refractivity contribution in [1.29, 1.82) is 0 Å². The summed E-state index contributed by atoms with van der Waals surface area (Å²) in [7, 11) is 4.96. The van der Waals surface area contributed by atoms with E-state index in [4.69, 9.17) is 9.47 Å². The quantitative estimate of drug-likeness (QED) is 0.583. The molecule has 5 heteroatoms. The van der Waals surface area contributed by atoms with Gasteiger partial charge in [0.2, 0.25) is 0 Å². The monoisotopic (exact) mass is 404 g/mol. The Kier molecular flexibility index (Phi) is 6.96. The van der Waals surface area contributed by atoms with E-state index in [1.165, 1.54) is 5.56 Å². The molecule has 1 N–H and O–H groups in total. The van der Waals surface area contributed by atoms with E-state index in [1.807, 2.05) is 43.3 Å². The van der Waals surface area contributed by atoms with Crippen LogP contribution in [0.2, 0.25) is 0 Å². The number of nitrogens with one attached hydrogen (secondary N) is 1. The molecule has 0 fully saturated rings. The molecule has 3 rings (SSSR count). The summed E-state index contributed by atoms with van der Waals surface area (Å²) in [5.74, 6) is 1.29. The zero-order chi connectivity index (χ0) is 21.5. The molecule has 5 nitrogen and oxygen atoms in total. The van der Waals surface area contributed by atoms with E-state index < -0.39 is 0 Å². The number of urea groups is 1. The lowest BCUT2D eigenvalue weighted by atomic mass is 10.0. The van der Waals surface area contributed by atoms with Crippen LogP contribution in [-0.2, 0) is 6.54 Å². The standard InChI is InChI=1S/C25H28N2O3/c1-18(19-13-15-21(16-14-19)20-9-6-5-7-10-20)26-25(28)27(2)17-22-11-8-12-23(29-3)24(22)30-4/h5-16,18H,17H2,1-4H3,(H,26,28). The Morgan fingerprint density at radius 3 is 2.20 bits per heavy atom. The summed E-state index contributed by atoms with van der Waals surface area (Å²) in [5, 5.41) is 3.06. The number of hydrogen-bond acceptors (Lipinski definition) is 3. The van der Waals surface area contributed by atoms with Gasteiger partial charge >= 0.3 is 6.03 Å². The fourth-order valence-corrected chi connectivity index (χ4v) is 3.38. The smallest absolute Gasteiger partial charge is 0.317 e. The van der Waals surface area contributed by atoms with E-state index in [9.17, 15) is 4.79 Å². The average molecular weight is 405 g/mol. The van der Waals surface area contributed by atoms with E-state index in [-0.39, 0.29) is 12.1 Å². The molecule has 30 heavy (non-hydrogen) atoms. The van der Waals surface area contributed by atoms with Gasteiger partial charge < -0.3 is 19.7 Å². The SMILES string of the molecule is COc1cccc(CN(C)C(=O)NC(C)c2ccc(-c3ccccc3)cc2)c1OC. The van der Waals surface area contributed by atoms with Crippen LogP contribution in [0.15, 0.2) is 72.8 Å². The van der Waals surface area contributed by atoms with Gasteiger partial charge in [-0.3, -0.25) is 0 Å². The first-order chi connectivity index (χ1) is 14.5. The summed E-state index contributed by atoms with van der Waals surface area (Å²) in [5.41, 5.74) is 4.26. The van der Waals surface area contributed by atoms with Gasteiger partial charge in [-0.2, -0.15) is 0 Å². The van der Waals surface area contributed by atoms with Crippen molar-refractivity contribution in [2.75, 3.05) is 21.3 Å². The number of carbonyl (C=O) groups excluding carboxylic acids is 1. The second kappa shape index (κ2) is 9.83. The van der Waals surface area contributed by atoms with Crippen molar-refractivity contribution in [3.8, 4) is 22.6 Å². The molecular formula is C25H28N2O3. The van der Waals surface area contributed by atoms with Crippen LogP contribution in [0.25, 0.3) is 11.1 Å². The van der Waals surface area contributed by atoms with Crippen LogP contribution in [-0.4, -0.2) is 32.2 Å². The zero-order valence-electron chi connectivity index (χ0n) is 17.9. The first kappa shape index (κ1) is 21.2. The van der Waals surface area contributed by atoms with Gasteiger partial charge in [0.05, 0.1) is 26.8 Å². The summed E-state index contributed by atoms with van der Waals surface area (Å²) in [6.45, 7) is 2.39. The third-order valence-corrected chi connectivity index (χ3v) is 5.10. The summed E-state index contributed by atoms with van der Waals surface area (Å²) in [4.78, 5) is 14.3. The van der Waals surface area contributed by atoms with Gasteiger partial charge in [0.25, 0.3) is 0 Å². The molecular weight excluding hydrogens is 376 g/mol. The molecule has 3 aromatic carbocycles. The fourth-order valence-electron chi connectivity index (χ4n) is 3.38. The fraction of sp³-hybridized carbons (Fsp3) is 0.240. The molecule has 0 aliphatic rings. The molecule has 0 saturated heterocycles. The Hall–Kier alpha value is -3.47. The maximum atomic E-state index is 12.7. The van der Waals surface area contributed by atoms with Crippen molar-refractivity contribution in [2.45, 2.75) is 19.5 Å².